The Morgan fingerprint density at radius 3 is 2.74 bits per heavy atom. The molecule has 2 heterocycles. The molecule has 182 valence electrons. The molecule has 3 aromatic rings. The van der Waals surface area contributed by atoms with Crippen LogP contribution in [-0.4, -0.2) is 50.0 Å². The number of amides is 1. The summed E-state index contributed by atoms with van der Waals surface area (Å²) in [5.41, 5.74) is 1.86. The largest absolute Gasteiger partial charge is 0.493 e. The maximum Gasteiger partial charge on any atom is 0.243 e. The van der Waals surface area contributed by atoms with Crippen molar-refractivity contribution >= 4 is 26.8 Å². The minimum absolute atomic E-state index is 0.146. The number of hydrogen-bond donors (Lipinski definition) is 1. The number of carbonyl (C=O) groups excluding carboxylic acids is 1. The first-order chi connectivity index (χ1) is 16.3. The molecule has 9 heteroatoms. The second-order valence-electron chi connectivity index (χ2n) is 8.49. The third kappa shape index (κ3) is 4.90. The zero-order valence-electron chi connectivity index (χ0n) is 19.8. The van der Waals surface area contributed by atoms with Crippen molar-refractivity contribution in [3.05, 3.63) is 54.2 Å². The van der Waals surface area contributed by atoms with Gasteiger partial charge in [-0.1, -0.05) is 6.07 Å². The van der Waals surface area contributed by atoms with E-state index in [0.717, 1.165) is 16.5 Å². The molecular weight excluding hydrogens is 454 g/mol. The van der Waals surface area contributed by atoms with E-state index in [1.165, 1.54) is 4.31 Å². The van der Waals surface area contributed by atoms with Crippen molar-refractivity contribution in [2.24, 2.45) is 13.0 Å². The fourth-order valence-corrected chi connectivity index (χ4v) is 5.94. The van der Waals surface area contributed by atoms with Gasteiger partial charge < -0.3 is 19.4 Å². The Balaban J connectivity index is 1.42. The first kappa shape index (κ1) is 24.1. The van der Waals surface area contributed by atoms with Gasteiger partial charge in [0, 0.05) is 43.8 Å². The lowest BCUT2D eigenvalue weighted by molar-refractivity contribution is -0.126. The molecule has 1 atom stereocenters. The minimum Gasteiger partial charge on any atom is -0.493 e. The van der Waals surface area contributed by atoms with E-state index < -0.39 is 15.9 Å². The summed E-state index contributed by atoms with van der Waals surface area (Å²) >= 11 is 0. The number of rotatable bonds is 8. The van der Waals surface area contributed by atoms with Gasteiger partial charge in [-0.2, -0.15) is 4.31 Å². The van der Waals surface area contributed by atoms with Crippen molar-refractivity contribution in [3.63, 3.8) is 0 Å². The highest BCUT2D eigenvalue weighted by Gasteiger charge is 2.33. The van der Waals surface area contributed by atoms with E-state index in [-0.39, 0.29) is 17.3 Å². The number of benzene rings is 2. The smallest absolute Gasteiger partial charge is 0.243 e. The van der Waals surface area contributed by atoms with Crippen LogP contribution in [0.5, 0.6) is 11.5 Å². The van der Waals surface area contributed by atoms with Crippen molar-refractivity contribution in [2.75, 3.05) is 26.8 Å². The van der Waals surface area contributed by atoms with Crippen LogP contribution >= 0.6 is 0 Å². The molecule has 0 saturated carbocycles. The van der Waals surface area contributed by atoms with Crippen LogP contribution in [0.25, 0.3) is 10.9 Å². The third-order valence-electron chi connectivity index (χ3n) is 6.24. The highest BCUT2D eigenvalue weighted by Crippen LogP contribution is 2.29. The van der Waals surface area contributed by atoms with E-state index in [1.807, 2.05) is 55.1 Å². The Hall–Kier alpha value is -3.04. The van der Waals surface area contributed by atoms with Gasteiger partial charge in [0.05, 0.1) is 24.5 Å². The molecular formula is C25H31N3O5S. The second-order valence-corrected chi connectivity index (χ2v) is 10.4. The summed E-state index contributed by atoms with van der Waals surface area (Å²) in [5.74, 6) is 0.724. The summed E-state index contributed by atoms with van der Waals surface area (Å²) in [4.78, 5) is 13.2. The molecule has 0 spiro atoms. The second kappa shape index (κ2) is 10.1. The van der Waals surface area contributed by atoms with Gasteiger partial charge in [-0.25, -0.2) is 8.42 Å². The maximum absolute atomic E-state index is 13.3. The van der Waals surface area contributed by atoms with Gasteiger partial charge in [-0.3, -0.25) is 4.79 Å². The molecule has 1 amide bonds. The number of methoxy groups -OCH3 is 1. The molecule has 8 nitrogen and oxygen atoms in total. The van der Waals surface area contributed by atoms with Gasteiger partial charge in [-0.15, -0.1) is 0 Å². The Kier molecular flexibility index (Phi) is 7.13. The Morgan fingerprint density at radius 1 is 1.15 bits per heavy atom. The fraction of sp³-hybridized carbons (Fsp3) is 0.400. The van der Waals surface area contributed by atoms with Crippen molar-refractivity contribution in [2.45, 2.75) is 31.2 Å². The lowest BCUT2D eigenvalue weighted by Crippen LogP contribution is -2.45. The number of hydrogen-bond acceptors (Lipinski definition) is 5. The Labute approximate surface area is 200 Å². The molecule has 0 radical (unpaired) electrons. The summed E-state index contributed by atoms with van der Waals surface area (Å²) in [6.07, 6.45) is 3.20. The molecule has 1 fully saturated rings. The number of nitrogens with one attached hydrogen (secondary N) is 1. The molecule has 0 aliphatic carbocycles. The van der Waals surface area contributed by atoms with Crippen LogP contribution in [0.15, 0.2) is 53.6 Å². The van der Waals surface area contributed by atoms with Crippen molar-refractivity contribution in [1.82, 2.24) is 14.2 Å². The molecule has 1 N–H and O–H groups in total. The number of nitrogens with zero attached hydrogens (tertiary/aromatic N) is 2. The molecule has 1 aliphatic rings. The summed E-state index contributed by atoms with van der Waals surface area (Å²) in [5, 5.41) is 3.83. The van der Waals surface area contributed by atoms with E-state index in [1.54, 1.807) is 19.2 Å². The van der Waals surface area contributed by atoms with E-state index in [2.05, 4.69) is 5.32 Å². The Morgan fingerprint density at radius 2 is 1.97 bits per heavy atom. The molecule has 34 heavy (non-hydrogen) atoms. The standard InChI is InChI=1S/C25H31N3O5S/c1-4-33-24-14-18(7-10-23(24)32-3)16-26-25(29)20-6-5-12-28(17-20)34(30,31)21-8-9-22-19(15-21)11-13-27(22)2/h7-11,13-15,20H,4-6,12,16-17H2,1-3H3,(H,26,29). The molecule has 1 aliphatic heterocycles. The van der Waals surface area contributed by atoms with E-state index in [9.17, 15) is 13.2 Å². The zero-order chi connectivity index (χ0) is 24.3. The van der Waals surface area contributed by atoms with Crippen LogP contribution in [0.3, 0.4) is 0 Å². The van der Waals surface area contributed by atoms with Crippen LogP contribution in [-0.2, 0) is 28.4 Å². The van der Waals surface area contributed by atoms with Gasteiger partial charge >= 0.3 is 0 Å². The Bertz CT molecular complexity index is 1280. The topological polar surface area (TPSA) is 89.9 Å². The van der Waals surface area contributed by atoms with Crippen LogP contribution in [0.1, 0.15) is 25.3 Å². The predicted molar refractivity (Wildman–Crippen MR) is 130 cm³/mol. The fourth-order valence-electron chi connectivity index (χ4n) is 4.38. The zero-order valence-corrected chi connectivity index (χ0v) is 20.6. The van der Waals surface area contributed by atoms with Gasteiger partial charge in [-0.05, 0) is 61.7 Å². The van der Waals surface area contributed by atoms with E-state index >= 15 is 0 Å². The SMILES string of the molecule is CCOc1cc(CNC(=O)C2CCCN(S(=O)(=O)c3ccc4c(ccn4C)c3)C2)ccc1OC. The van der Waals surface area contributed by atoms with Crippen LogP contribution in [0, 0.1) is 5.92 Å². The number of carbonyl (C=O) groups is 1. The number of ether oxygens (including phenoxy) is 2. The lowest BCUT2D eigenvalue weighted by atomic mass is 9.98. The number of aromatic nitrogens is 1. The summed E-state index contributed by atoms with van der Waals surface area (Å²) in [7, 11) is -0.176. The van der Waals surface area contributed by atoms with Crippen molar-refractivity contribution in [3.8, 4) is 11.5 Å². The van der Waals surface area contributed by atoms with Gasteiger partial charge in [0.1, 0.15) is 0 Å². The van der Waals surface area contributed by atoms with Gasteiger partial charge in [0.2, 0.25) is 15.9 Å². The highest BCUT2D eigenvalue weighted by atomic mass is 32.2. The number of fused-ring (bicyclic) bond motifs is 1. The van der Waals surface area contributed by atoms with E-state index in [0.29, 0.717) is 44.0 Å². The molecule has 0 bridgehead atoms. The first-order valence-corrected chi connectivity index (χ1v) is 12.9. The number of aryl methyl sites for hydroxylation is 1. The minimum atomic E-state index is -3.68. The van der Waals surface area contributed by atoms with Crippen LogP contribution in [0.4, 0.5) is 0 Å². The third-order valence-corrected chi connectivity index (χ3v) is 8.11. The molecule has 4 rings (SSSR count). The first-order valence-electron chi connectivity index (χ1n) is 11.5. The average Bonchev–Trinajstić information content (AvgIpc) is 3.23. The highest BCUT2D eigenvalue weighted by molar-refractivity contribution is 7.89. The molecule has 2 aromatic carbocycles. The van der Waals surface area contributed by atoms with E-state index in [4.69, 9.17) is 9.47 Å². The summed E-state index contributed by atoms with van der Waals surface area (Å²) in [6, 6.07) is 12.6. The quantitative estimate of drug-likeness (QED) is 0.529. The predicted octanol–water partition coefficient (Wildman–Crippen LogP) is 3.30. The van der Waals surface area contributed by atoms with Crippen molar-refractivity contribution in [1.29, 1.82) is 0 Å². The molecule has 1 unspecified atom stereocenters. The van der Waals surface area contributed by atoms with Crippen LogP contribution in [0.2, 0.25) is 0 Å². The van der Waals surface area contributed by atoms with Gasteiger partial charge in [0.15, 0.2) is 11.5 Å². The van der Waals surface area contributed by atoms with Crippen molar-refractivity contribution < 1.29 is 22.7 Å². The summed E-state index contributed by atoms with van der Waals surface area (Å²) < 4.78 is 40.9. The summed E-state index contributed by atoms with van der Waals surface area (Å²) in [6.45, 7) is 3.32. The average molecular weight is 486 g/mol. The number of piperidine rings is 1. The molecule has 1 aromatic heterocycles. The normalized spacial score (nSPS) is 17.0. The van der Waals surface area contributed by atoms with Gasteiger partial charge in [0.25, 0.3) is 0 Å². The monoisotopic (exact) mass is 485 g/mol. The van der Waals surface area contributed by atoms with Crippen LogP contribution < -0.4 is 14.8 Å². The number of sulfonamides is 1. The lowest BCUT2D eigenvalue weighted by Gasteiger charge is -2.31. The molecule has 1 saturated heterocycles. The maximum atomic E-state index is 13.3.